The highest BCUT2D eigenvalue weighted by Crippen LogP contribution is 2.26. The van der Waals surface area contributed by atoms with Crippen LogP contribution in [0.3, 0.4) is 0 Å². The zero-order valence-electron chi connectivity index (χ0n) is 12.6. The minimum atomic E-state index is -3.81. The molecule has 3 aromatic rings. The fourth-order valence-electron chi connectivity index (χ4n) is 1.89. The van der Waals surface area contributed by atoms with Gasteiger partial charge in [-0.15, -0.1) is 0 Å². The van der Waals surface area contributed by atoms with Crippen molar-refractivity contribution in [1.29, 1.82) is 0 Å². The maximum Gasteiger partial charge on any atom is 0.261 e. The summed E-state index contributed by atoms with van der Waals surface area (Å²) in [5.74, 6) is 0.838. The number of halogens is 2. The molecule has 128 valence electrons. The zero-order valence-corrected chi connectivity index (χ0v) is 14.9. The smallest absolute Gasteiger partial charge is 0.261 e. The first-order valence-corrected chi connectivity index (χ1v) is 9.20. The molecule has 2 aromatic heterocycles. The highest BCUT2D eigenvalue weighted by atomic mass is 35.5. The van der Waals surface area contributed by atoms with Crippen molar-refractivity contribution in [2.24, 2.45) is 0 Å². The number of benzene rings is 1. The van der Waals surface area contributed by atoms with E-state index in [1.165, 1.54) is 30.5 Å². The maximum atomic E-state index is 12.4. The quantitative estimate of drug-likeness (QED) is 0.693. The highest BCUT2D eigenvalue weighted by molar-refractivity contribution is 7.92. The van der Waals surface area contributed by atoms with Crippen LogP contribution in [0.1, 0.15) is 0 Å². The number of pyridine rings is 2. The van der Waals surface area contributed by atoms with E-state index in [0.717, 1.165) is 0 Å². The van der Waals surface area contributed by atoms with Gasteiger partial charge in [0.05, 0.1) is 33.0 Å². The van der Waals surface area contributed by atoms with Gasteiger partial charge < -0.3 is 4.74 Å². The first-order chi connectivity index (χ1) is 11.9. The van der Waals surface area contributed by atoms with Crippen molar-refractivity contribution in [3.05, 3.63) is 71.1 Å². The molecule has 0 fully saturated rings. The standard InChI is InChI=1S/C16H11Cl2N3O3S/c17-14-5-4-13(8-15(14)18)25(22,23)21-11-3-6-16(20-9-11)24-12-2-1-7-19-10-12/h1-10,21H. The Hall–Kier alpha value is -2.35. The summed E-state index contributed by atoms with van der Waals surface area (Å²) >= 11 is 11.7. The molecule has 1 aromatic carbocycles. The van der Waals surface area contributed by atoms with Crippen LogP contribution in [-0.2, 0) is 10.0 Å². The van der Waals surface area contributed by atoms with Gasteiger partial charge in [-0.1, -0.05) is 23.2 Å². The van der Waals surface area contributed by atoms with Gasteiger partial charge in [0.2, 0.25) is 5.88 Å². The Bertz CT molecular complexity index is 981. The Balaban J connectivity index is 1.75. The lowest BCUT2D eigenvalue weighted by atomic mass is 10.4. The van der Waals surface area contributed by atoms with Crippen molar-refractivity contribution < 1.29 is 13.2 Å². The summed E-state index contributed by atoms with van der Waals surface area (Å²) in [4.78, 5) is 7.99. The van der Waals surface area contributed by atoms with Crippen molar-refractivity contribution in [3.63, 3.8) is 0 Å². The van der Waals surface area contributed by atoms with Crippen molar-refractivity contribution in [1.82, 2.24) is 9.97 Å². The van der Waals surface area contributed by atoms with E-state index in [1.807, 2.05) is 0 Å². The number of sulfonamides is 1. The van der Waals surface area contributed by atoms with E-state index in [2.05, 4.69) is 14.7 Å². The van der Waals surface area contributed by atoms with Crippen LogP contribution >= 0.6 is 23.2 Å². The summed E-state index contributed by atoms with van der Waals surface area (Å²) in [5, 5.41) is 0.432. The second-order valence-electron chi connectivity index (χ2n) is 4.86. The van der Waals surface area contributed by atoms with Gasteiger partial charge >= 0.3 is 0 Å². The van der Waals surface area contributed by atoms with Gasteiger partial charge in [0, 0.05) is 12.3 Å². The molecule has 0 spiro atoms. The minimum absolute atomic E-state index is 0.00223. The average Bonchev–Trinajstić information content (AvgIpc) is 2.60. The first kappa shape index (κ1) is 17.5. The van der Waals surface area contributed by atoms with Crippen LogP contribution in [-0.4, -0.2) is 18.4 Å². The fraction of sp³-hybridized carbons (Fsp3) is 0. The summed E-state index contributed by atoms with van der Waals surface area (Å²) in [6.45, 7) is 0. The molecule has 25 heavy (non-hydrogen) atoms. The molecular formula is C16H11Cl2N3O3S. The van der Waals surface area contributed by atoms with Gasteiger partial charge in [-0.05, 0) is 36.4 Å². The lowest BCUT2D eigenvalue weighted by Crippen LogP contribution is -2.13. The number of ether oxygens (including phenoxy) is 1. The van der Waals surface area contributed by atoms with E-state index in [-0.39, 0.29) is 20.6 Å². The number of aromatic nitrogens is 2. The molecular weight excluding hydrogens is 385 g/mol. The van der Waals surface area contributed by atoms with E-state index in [4.69, 9.17) is 27.9 Å². The van der Waals surface area contributed by atoms with Gasteiger partial charge in [0.15, 0.2) is 0 Å². The highest BCUT2D eigenvalue weighted by Gasteiger charge is 2.16. The second kappa shape index (κ2) is 7.26. The molecule has 0 saturated carbocycles. The summed E-state index contributed by atoms with van der Waals surface area (Å²) < 4.78 is 32.6. The summed E-state index contributed by atoms with van der Waals surface area (Å²) in [7, 11) is -3.81. The molecule has 0 radical (unpaired) electrons. The molecule has 0 aliphatic heterocycles. The molecule has 0 amide bonds. The van der Waals surface area contributed by atoms with Gasteiger partial charge in [-0.2, -0.15) is 0 Å². The third kappa shape index (κ3) is 4.39. The molecule has 0 bridgehead atoms. The van der Waals surface area contributed by atoms with E-state index in [9.17, 15) is 8.42 Å². The Morgan fingerprint density at radius 2 is 1.84 bits per heavy atom. The molecule has 9 heteroatoms. The lowest BCUT2D eigenvalue weighted by molar-refractivity contribution is 0.461. The molecule has 3 rings (SSSR count). The summed E-state index contributed by atoms with van der Waals surface area (Å²) in [5.41, 5.74) is 0.282. The molecule has 2 heterocycles. The van der Waals surface area contributed by atoms with Crippen LogP contribution in [0, 0.1) is 0 Å². The monoisotopic (exact) mass is 395 g/mol. The third-order valence-corrected chi connectivity index (χ3v) is 5.16. The average molecular weight is 396 g/mol. The molecule has 6 nitrogen and oxygen atoms in total. The van der Waals surface area contributed by atoms with Gasteiger partial charge in [0.1, 0.15) is 5.75 Å². The topological polar surface area (TPSA) is 81.2 Å². The number of nitrogens with one attached hydrogen (secondary N) is 1. The second-order valence-corrected chi connectivity index (χ2v) is 7.35. The molecule has 0 aliphatic rings. The van der Waals surface area contributed by atoms with Crippen LogP contribution in [0.15, 0.2) is 66.0 Å². The van der Waals surface area contributed by atoms with E-state index in [1.54, 1.807) is 30.6 Å². The van der Waals surface area contributed by atoms with Crippen LogP contribution in [0.4, 0.5) is 5.69 Å². The van der Waals surface area contributed by atoms with Gasteiger partial charge in [0.25, 0.3) is 10.0 Å². The minimum Gasteiger partial charge on any atom is -0.437 e. The zero-order chi connectivity index (χ0) is 17.9. The lowest BCUT2D eigenvalue weighted by Gasteiger charge is -2.09. The van der Waals surface area contributed by atoms with E-state index in [0.29, 0.717) is 11.6 Å². The molecule has 1 N–H and O–H groups in total. The Kier molecular flexibility index (Phi) is 5.08. The predicted molar refractivity (Wildman–Crippen MR) is 95.8 cm³/mol. The Morgan fingerprint density at radius 3 is 2.48 bits per heavy atom. The molecule has 0 atom stereocenters. The van der Waals surface area contributed by atoms with Crippen LogP contribution in [0.25, 0.3) is 0 Å². The summed E-state index contributed by atoms with van der Waals surface area (Å²) in [6.07, 6.45) is 4.52. The number of hydrogen-bond donors (Lipinski definition) is 1. The molecule has 0 unspecified atom stereocenters. The largest absolute Gasteiger partial charge is 0.437 e. The molecule has 0 saturated heterocycles. The van der Waals surface area contributed by atoms with E-state index >= 15 is 0 Å². The number of anilines is 1. The van der Waals surface area contributed by atoms with Crippen molar-refractivity contribution in [2.45, 2.75) is 4.90 Å². The Morgan fingerprint density at radius 1 is 1.00 bits per heavy atom. The van der Waals surface area contributed by atoms with Crippen molar-refractivity contribution >= 4 is 38.9 Å². The van der Waals surface area contributed by atoms with Gasteiger partial charge in [-0.3, -0.25) is 9.71 Å². The van der Waals surface area contributed by atoms with E-state index < -0.39 is 10.0 Å². The van der Waals surface area contributed by atoms with Crippen LogP contribution in [0.2, 0.25) is 10.0 Å². The number of rotatable bonds is 5. The first-order valence-electron chi connectivity index (χ1n) is 6.96. The fourth-order valence-corrected chi connectivity index (χ4v) is 3.32. The Labute approximate surface area is 154 Å². The maximum absolute atomic E-state index is 12.4. The predicted octanol–water partition coefficient (Wildman–Crippen LogP) is 4.38. The number of nitrogens with zero attached hydrogens (tertiary/aromatic N) is 2. The van der Waals surface area contributed by atoms with Crippen LogP contribution in [0.5, 0.6) is 11.6 Å². The third-order valence-electron chi connectivity index (χ3n) is 3.05. The van der Waals surface area contributed by atoms with Crippen LogP contribution < -0.4 is 9.46 Å². The van der Waals surface area contributed by atoms with Gasteiger partial charge in [-0.25, -0.2) is 13.4 Å². The molecule has 0 aliphatic carbocycles. The normalized spacial score (nSPS) is 11.1. The number of hydrogen-bond acceptors (Lipinski definition) is 5. The summed E-state index contributed by atoms with van der Waals surface area (Å²) in [6, 6.07) is 10.6. The van der Waals surface area contributed by atoms with Crippen molar-refractivity contribution in [3.8, 4) is 11.6 Å². The SMILES string of the molecule is O=S(=O)(Nc1ccc(Oc2cccnc2)nc1)c1ccc(Cl)c(Cl)c1. The van der Waals surface area contributed by atoms with Crippen molar-refractivity contribution in [2.75, 3.05) is 4.72 Å².